The molecule has 1 saturated carbocycles. The van der Waals surface area contributed by atoms with Crippen molar-refractivity contribution < 1.29 is 5.11 Å². The number of aromatic nitrogens is 1. The summed E-state index contributed by atoms with van der Waals surface area (Å²) in [5.74, 6) is 0.882. The predicted octanol–water partition coefficient (Wildman–Crippen LogP) is 3.59. The molecule has 0 aliphatic heterocycles. The highest BCUT2D eigenvalue weighted by atomic mass is 127. The zero-order valence-electron chi connectivity index (χ0n) is 16.3. The molecule has 1 aromatic heterocycles. The molecule has 3 rings (SSSR count). The highest BCUT2D eigenvalue weighted by molar-refractivity contribution is 14.0. The number of nitrogens with one attached hydrogen (secondary N) is 1. The van der Waals surface area contributed by atoms with E-state index in [1.54, 1.807) is 0 Å². The number of fused-ring (bicyclic) bond motifs is 1. The molecule has 2 aliphatic rings. The number of aliphatic hydroxyl groups excluding tert-OH is 1. The number of rotatable bonds is 4. The molecule has 0 saturated heterocycles. The Hall–Kier alpha value is -0.410. The van der Waals surface area contributed by atoms with Crippen molar-refractivity contribution in [3.63, 3.8) is 0 Å². The van der Waals surface area contributed by atoms with Gasteiger partial charge in [0, 0.05) is 30.9 Å². The largest absolute Gasteiger partial charge is 0.392 e. The zero-order valence-corrected chi connectivity index (χ0v) is 19.4. The van der Waals surface area contributed by atoms with Crippen LogP contribution in [-0.2, 0) is 19.4 Å². The number of nitrogens with zero attached hydrogens (tertiary/aromatic N) is 3. The summed E-state index contributed by atoms with van der Waals surface area (Å²) in [4.78, 5) is 12.9. The highest BCUT2D eigenvalue weighted by Gasteiger charge is 2.35. The van der Waals surface area contributed by atoms with E-state index in [0.29, 0.717) is 0 Å². The summed E-state index contributed by atoms with van der Waals surface area (Å²) < 4.78 is 0. The predicted molar refractivity (Wildman–Crippen MR) is 120 cm³/mol. The second-order valence-electron chi connectivity index (χ2n) is 7.86. The van der Waals surface area contributed by atoms with E-state index in [0.717, 1.165) is 44.7 Å². The van der Waals surface area contributed by atoms with Crippen molar-refractivity contribution in [2.45, 2.75) is 70.9 Å². The number of guanidine groups is 1. The van der Waals surface area contributed by atoms with Gasteiger partial charge in [-0.1, -0.05) is 19.8 Å². The minimum atomic E-state index is -0.220. The van der Waals surface area contributed by atoms with E-state index in [-0.39, 0.29) is 35.5 Å². The van der Waals surface area contributed by atoms with Gasteiger partial charge >= 0.3 is 0 Å². The fourth-order valence-corrected chi connectivity index (χ4v) is 5.21. The lowest BCUT2D eigenvalue weighted by Gasteiger charge is -2.39. The van der Waals surface area contributed by atoms with Crippen LogP contribution in [0.1, 0.15) is 61.0 Å². The van der Waals surface area contributed by atoms with Gasteiger partial charge in [-0.3, -0.25) is 4.99 Å². The van der Waals surface area contributed by atoms with Gasteiger partial charge in [-0.05, 0) is 38.5 Å². The number of hydrogen-bond donors (Lipinski definition) is 2. The van der Waals surface area contributed by atoms with Crippen LogP contribution in [0, 0.1) is 5.41 Å². The second-order valence-corrected chi connectivity index (χ2v) is 9.03. The third kappa shape index (κ3) is 5.10. The van der Waals surface area contributed by atoms with Gasteiger partial charge in [0.05, 0.1) is 18.3 Å². The Morgan fingerprint density at radius 2 is 2.12 bits per heavy atom. The number of aliphatic imine (C=N–C) groups is 1. The molecule has 1 aromatic rings. The minimum absolute atomic E-state index is 0. The Labute approximate surface area is 178 Å². The lowest BCUT2D eigenvalue weighted by molar-refractivity contribution is 0.00369. The van der Waals surface area contributed by atoms with Gasteiger partial charge in [-0.15, -0.1) is 35.3 Å². The molecule has 0 aromatic carbocycles. The average Bonchev–Trinajstić information content (AvgIpc) is 3.00. The Kier molecular flexibility index (Phi) is 8.15. The van der Waals surface area contributed by atoms with Crippen LogP contribution in [0.15, 0.2) is 4.99 Å². The molecule has 148 valence electrons. The molecule has 0 radical (unpaired) electrons. The summed E-state index contributed by atoms with van der Waals surface area (Å²) in [6.45, 7) is 3.74. The van der Waals surface area contributed by atoms with Crippen molar-refractivity contribution in [2.24, 2.45) is 10.4 Å². The normalized spacial score (nSPS) is 26.0. The molecule has 5 nitrogen and oxygen atoms in total. The SMILES string of the molecule is CN=C(NCC1(C)CCCCC1O)N(C)Cc1nc2c(s1)CCCC2.I. The third-order valence-electron chi connectivity index (χ3n) is 5.77. The van der Waals surface area contributed by atoms with Crippen molar-refractivity contribution in [1.29, 1.82) is 0 Å². The van der Waals surface area contributed by atoms with Gasteiger partial charge in [-0.2, -0.15) is 0 Å². The topological polar surface area (TPSA) is 60.8 Å². The summed E-state index contributed by atoms with van der Waals surface area (Å²) in [5.41, 5.74) is 1.26. The number of thiazole rings is 1. The van der Waals surface area contributed by atoms with E-state index < -0.39 is 0 Å². The number of hydrogen-bond acceptors (Lipinski definition) is 4. The van der Waals surface area contributed by atoms with Crippen molar-refractivity contribution in [3.05, 3.63) is 15.6 Å². The Morgan fingerprint density at radius 3 is 2.81 bits per heavy atom. The van der Waals surface area contributed by atoms with Crippen LogP contribution < -0.4 is 5.32 Å². The van der Waals surface area contributed by atoms with Gasteiger partial charge in [0.15, 0.2) is 5.96 Å². The molecule has 2 aliphatic carbocycles. The molecule has 0 amide bonds. The summed E-state index contributed by atoms with van der Waals surface area (Å²) in [6.07, 6.45) is 9.01. The summed E-state index contributed by atoms with van der Waals surface area (Å²) in [6, 6.07) is 0. The molecule has 1 heterocycles. The van der Waals surface area contributed by atoms with Crippen molar-refractivity contribution >= 4 is 41.3 Å². The first-order chi connectivity index (χ1) is 12.0. The van der Waals surface area contributed by atoms with Gasteiger partial charge in [0.2, 0.25) is 0 Å². The van der Waals surface area contributed by atoms with E-state index in [2.05, 4.69) is 29.2 Å². The summed E-state index contributed by atoms with van der Waals surface area (Å²) in [5, 5.41) is 15.0. The van der Waals surface area contributed by atoms with Crippen LogP contribution in [0.5, 0.6) is 0 Å². The van der Waals surface area contributed by atoms with Crippen LogP contribution >= 0.6 is 35.3 Å². The van der Waals surface area contributed by atoms with Gasteiger partial charge < -0.3 is 15.3 Å². The van der Waals surface area contributed by atoms with Crippen molar-refractivity contribution in [3.8, 4) is 0 Å². The van der Waals surface area contributed by atoms with E-state index >= 15 is 0 Å². The lowest BCUT2D eigenvalue weighted by atomic mass is 9.73. The van der Waals surface area contributed by atoms with Crippen molar-refractivity contribution in [1.82, 2.24) is 15.2 Å². The van der Waals surface area contributed by atoms with Gasteiger partial charge in [-0.25, -0.2) is 4.98 Å². The highest BCUT2D eigenvalue weighted by Crippen LogP contribution is 2.35. The molecule has 1 fully saturated rings. The molecule has 7 heteroatoms. The number of aryl methyl sites for hydroxylation is 2. The van der Waals surface area contributed by atoms with Gasteiger partial charge in [0.1, 0.15) is 5.01 Å². The van der Waals surface area contributed by atoms with Crippen LogP contribution in [0.3, 0.4) is 0 Å². The molecule has 0 bridgehead atoms. The first kappa shape index (κ1) is 21.9. The minimum Gasteiger partial charge on any atom is -0.392 e. The maximum Gasteiger partial charge on any atom is 0.193 e. The third-order valence-corrected chi connectivity index (χ3v) is 6.91. The molecular weight excluding hydrogens is 459 g/mol. The van der Waals surface area contributed by atoms with Crippen LogP contribution in [0.2, 0.25) is 0 Å². The Morgan fingerprint density at radius 1 is 1.35 bits per heavy atom. The first-order valence-electron chi connectivity index (χ1n) is 9.59. The molecule has 0 spiro atoms. The molecule has 2 atom stereocenters. The van der Waals surface area contributed by atoms with E-state index in [4.69, 9.17) is 4.98 Å². The quantitative estimate of drug-likeness (QED) is 0.383. The maximum absolute atomic E-state index is 10.4. The Bertz CT molecular complexity index is 597. The molecule has 2 unspecified atom stereocenters. The van der Waals surface area contributed by atoms with Crippen LogP contribution in [0.4, 0.5) is 0 Å². The van der Waals surface area contributed by atoms with Gasteiger partial charge in [0.25, 0.3) is 0 Å². The molecule has 26 heavy (non-hydrogen) atoms. The van der Waals surface area contributed by atoms with Crippen LogP contribution in [0.25, 0.3) is 0 Å². The van der Waals surface area contributed by atoms with Crippen molar-refractivity contribution in [2.75, 3.05) is 20.6 Å². The number of halogens is 1. The zero-order chi connectivity index (χ0) is 17.9. The van der Waals surface area contributed by atoms with Crippen LogP contribution in [-0.4, -0.2) is 47.7 Å². The molecule has 2 N–H and O–H groups in total. The van der Waals surface area contributed by atoms with E-state index in [1.165, 1.54) is 41.3 Å². The Balaban J connectivity index is 0.00000243. The van der Waals surface area contributed by atoms with E-state index in [9.17, 15) is 5.11 Å². The monoisotopic (exact) mass is 492 g/mol. The fourth-order valence-electron chi connectivity index (χ4n) is 4.00. The standard InChI is InChI=1S/C19H32N4OS.HI/c1-19(11-7-6-10-16(19)24)13-21-18(20-2)23(3)12-17-22-14-8-4-5-9-15(14)25-17;/h16,24H,4-13H2,1-3H3,(H,20,21);1H. The molecular formula is C19H33IN4OS. The average molecular weight is 492 g/mol. The maximum atomic E-state index is 10.4. The second kappa shape index (κ2) is 9.68. The summed E-state index contributed by atoms with van der Waals surface area (Å²) in [7, 11) is 3.89. The fraction of sp³-hybridized carbons (Fsp3) is 0.789. The van der Waals surface area contributed by atoms with E-state index in [1.807, 2.05) is 18.4 Å². The first-order valence-corrected chi connectivity index (χ1v) is 10.4. The smallest absolute Gasteiger partial charge is 0.193 e. The summed E-state index contributed by atoms with van der Waals surface area (Å²) >= 11 is 1.86. The number of aliphatic hydroxyl groups is 1. The lowest BCUT2D eigenvalue weighted by Crippen LogP contribution is -2.48.